The standard InChI is InChI=1S/C11H16N4O3/c1-14(2)9-10(13-4-3-12-9)15-5-6-18-8(7-15)11(16)17/h3-4,8H,5-7H2,1-2H3,(H,16,17). The van der Waals surface area contributed by atoms with E-state index in [1.807, 2.05) is 23.9 Å². The van der Waals surface area contributed by atoms with Crippen LogP contribution in [0.4, 0.5) is 11.6 Å². The van der Waals surface area contributed by atoms with Crippen LogP contribution in [0.3, 0.4) is 0 Å². The van der Waals surface area contributed by atoms with Crippen LogP contribution in [0.5, 0.6) is 0 Å². The van der Waals surface area contributed by atoms with Gasteiger partial charge in [0, 0.05) is 33.0 Å². The van der Waals surface area contributed by atoms with Crippen molar-refractivity contribution >= 4 is 17.6 Å². The Balaban J connectivity index is 2.23. The summed E-state index contributed by atoms with van der Waals surface area (Å²) in [5.41, 5.74) is 0. The molecule has 0 aromatic carbocycles. The van der Waals surface area contributed by atoms with E-state index < -0.39 is 12.1 Å². The number of hydrogen-bond donors (Lipinski definition) is 1. The lowest BCUT2D eigenvalue weighted by Gasteiger charge is -2.33. The van der Waals surface area contributed by atoms with Crippen LogP contribution in [-0.4, -0.2) is 60.9 Å². The second-order valence-corrected chi connectivity index (χ2v) is 4.24. The Labute approximate surface area is 105 Å². The van der Waals surface area contributed by atoms with Gasteiger partial charge in [-0.25, -0.2) is 14.8 Å². The molecule has 1 saturated heterocycles. The van der Waals surface area contributed by atoms with Crippen molar-refractivity contribution in [3.63, 3.8) is 0 Å². The van der Waals surface area contributed by atoms with Crippen molar-refractivity contribution in [1.29, 1.82) is 0 Å². The Kier molecular flexibility index (Phi) is 3.61. The summed E-state index contributed by atoms with van der Waals surface area (Å²) < 4.78 is 5.19. The third kappa shape index (κ3) is 2.51. The zero-order valence-electron chi connectivity index (χ0n) is 10.4. The van der Waals surface area contributed by atoms with Gasteiger partial charge in [-0.3, -0.25) is 0 Å². The monoisotopic (exact) mass is 252 g/mol. The summed E-state index contributed by atoms with van der Waals surface area (Å²) in [6.07, 6.45) is 2.41. The number of aliphatic carboxylic acids is 1. The van der Waals surface area contributed by atoms with Crippen LogP contribution < -0.4 is 9.80 Å². The molecule has 0 bridgehead atoms. The van der Waals surface area contributed by atoms with Gasteiger partial charge >= 0.3 is 5.97 Å². The van der Waals surface area contributed by atoms with Crippen molar-refractivity contribution in [2.75, 3.05) is 43.6 Å². The van der Waals surface area contributed by atoms with Gasteiger partial charge < -0.3 is 19.6 Å². The second-order valence-electron chi connectivity index (χ2n) is 4.24. The number of morpholine rings is 1. The largest absolute Gasteiger partial charge is 0.479 e. The van der Waals surface area contributed by atoms with E-state index in [9.17, 15) is 4.79 Å². The predicted molar refractivity (Wildman–Crippen MR) is 65.9 cm³/mol. The highest BCUT2D eigenvalue weighted by Crippen LogP contribution is 2.24. The number of rotatable bonds is 3. The molecule has 1 atom stereocenters. The molecule has 1 aliphatic rings. The van der Waals surface area contributed by atoms with Gasteiger partial charge in [0.2, 0.25) is 0 Å². The molecule has 7 nitrogen and oxygen atoms in total. The van der Waals surface area contributed by atoms with Gasteiger partial charge in [-0.2, -0.15) is 0 Å². The molecule has 7 heteroatoms. The van der Waals surface area contributed by atoms with Crippen LogP contribution in [0, 0.1) is 0 Å². The number of nitrogens with zero attached hydrogens (tertiary/aromatic N) is 4. The van der Waals surface area contributed by atoms with E-state index in [1.54, 1.807) is 12.4 Å². The quantitative estimate of drug-likeness (QED) is 0.800. The molecule has 1 aliphatic heterocycles. The number of carboxylic acid groups (broad SMARTS) is 1. The van der Waals surface area contributed by atoms with Gasteiger partial charge in [0.1, 0.15) is 0 Å². The highest BCUT2D eigenvalue weighted by Gasteiger charge is 2.28. The molecule has 1 fully saturated rings. The van der Waals surface area contributed by atoms with Gasteiger partial charge in [-0.05, 0) is 0 Å². The summed E-state index contributed by atoms with van der Waals surface area (Å²) in [4.78, 5) is 23.2. The molecular weight excluding hydrogens is 236 g/mol. The molecule has 2 heterocycles. The highest BCUT2D eigenvalue weighted by molar-refractivity contribution is 5.74. The maximum atomic E-state index is 11.0. The highest BCUT2D eigenvalue weighted by atomic mass is 16.5. The van der Waals surface area contributed by atoms with E-state index in [1.165, 1.54) is 0 Å². The van der Waals surface area contributed by atoms with Crippen LogP contribution in [0.1, 0.15) is 0 Å². The fraction of sp³-hybridized carbons (Fsp3) is 0.545. The smallest absolute Gasteiger partial charge is 0.334 e. The number of ether oxygens (including phenoxy) is 1. The molecule has 1 unspecified atom stereocenters. The van der Waals surface area contributed by atoms with Crippen LogP contribution in [-0.2, 0) is 9.53 Å². The van der Waals surface area contributed by atoms with Crippen molar-refractivity contribution in [1.82, 2.24) is 9.97 Å². The Morgan fingerprint density at radius 2 is 2.22 bits per heavy atom. The van der Waals surface area contributed by atoms with Crippen LogP contribution in [0.25, 0.3) is 0 Å². The van der Waals surface area contributed by atoms with Gasteiger partial charge in [-0.1, -0.05) is 0 Å². The molecule has 0 saturated carbocycles. The Bertz CT molecular complexity index is 438. The van der Waals surface area contributed by atoms with Gasteiger partial charge in [0.05, 0.1) is 13.2 Å². The molecule has 1 N–H and O–H groups in total. The lowest BCUT2D eigenvalue weighted by Crippen LogP contribution is -2.46. The Hall–Kier alpha value is -1.89. The van der Waals surface area contributed by atoms with Crippen molar-refractivity contribution in [2.24, 2.45) is 0 Å². The first-order valence-electron chi connectivity index (χ1n) is 5.67. The molecule has 98 valence electrons. The fourth-order valence-corrected chi connectivity index (χ4v) is 1.85. The van der Waals surface area contributed by atoms with Crippen molar-refractivity contribution < 1.29 is 14.6 Å². The molecule has 0 amide bonds. The summed E-state index contributed by atoms with van der Waals surface area (Å²) in [5.74, 6) is 0.468. The number of aromatic nitrogens is 2. The number of carboxylic acids is 1. The number of anilines is 2. The summed E-state index contributed by atoms with van der Waals surface area (Å²) in [6, 6.07) is 0. The maximum Gasteiger partial charge on any atom is 0.334 e. The second kappa shape index (κ2) is 5.18. The summed E-state index contributed by atoms with van der Waals surface area (Å²) in [6.45, 7) is 1.28. The molecule has 1 aromatic rings. The normalized spacial score (nSPS) is 19.7. The zero-order chi connectivity index (χ0) is 13.1. The minimum atomic E-state index is -0.949. The van der Waals surface area contributed by atoms with E-state index in [4.69, 9.17) is 9.84 Å². The maximum absolute atomic E-state index is 11.0. The summed E-state index contributed by atoms with van der Waals surface area (Å²) in [5, 5.41) is 8.98. The van der Waals surface area contributed by atoms with Crippen molar-refractivity contribution in [2.45, 2.75) is 6.10 Å². The topological polar surface area (TPSA) is 78.8 Å². The minimum absolute atomic E-state index is 0.287. The average molecular weight is 252 g/mol. The minimum Gasteiger partial charge on any atom is -0.479 e. The Morgan fingerprint density at radius 3 is 2.89 bits per heavy atom. The molecule has 18 heavy (non-hydrogen) atoms. The van der Waals surface area contributed by atoms with Crippen LogP contribution >= 0.6 is 0 Å². The third-order valence-corrected chi connectivity index (χ3v) is 2.73. The van der Waals surface area contributed by atoms with E-state index in [0.717, 1.165) is 5.82 Å². The van der Waals surface area contributed by atoms with Crippen LogP contribution in [0.15, 0.2) is 12.4 Å². The number of carbonyl (C=O) groups is 1. The van der Waals surface area contributed by atoms with Gasteiger partial charge in [0.15, 0.2) is 17.7 Å². The molecule has 0 spiro atoms. The first-order valence-corrected chi connectivity index (χ1v) is 5.67. The predicted octanol–water partition coefficient (Wildman–Crippen LogP) is -0.168. The number of hydrogen-bond acceptors (Lipinski definition) is 6. The molecule has 0 radical (unpaired) electrons. The van der Waals surface area contributed by atoms with Crippen molar-refractivity contribution in [3.8, 4) is 0 Å². The Morgan fingerprint density at radius 1 is 1.50 bits per heavy atom. The lowest BCUT2D eigenvalue weighted by molar-refractivity contribution is -0.150. The van der Waals surface area contributed by atoms with Gasteiger partial charge in [0.25, 0.3) is 0 Å². The van der Waals surface area contributed by atoms with Crippen LogP contribution in [0.2, 0.25) is 0 Å². The average Bonchev–Trinajstić information content (AvgIpc) is 2.39. The zero-order valence-corrected chi connectivity index (χ0v) is 10.4. The first kappa shape index (κ1) is 12.6. The fourth-order valence-electron chi connectivity index (χ4n) is 1.85. The molecule has 1 aromatic heterocycles. The molecular formula is C11H16N4O3. The summed E-state index contributed by atoms with van der Waals surface area (Å²) in [7, 11) is 3.76. The van der Waals surface area contributed by atoms with E-state index in [2.05, 4.69) is 9.97 Å². The third-order valence-electron chi connectivity index (χ3n) is 2.73. The van der Waals surface area contributed by atoms with Gasteiger partial charge in [-0.15, -0.1) is 0 Å². The summed E-state index contributed by atoms with van der Waals surface area (Å²) >= 11 is 0. The lowest BCUT2D eigenvalue weighted by atomic mass is 10.2. The molecule has 0 aliphatic carbocycles. The first-order chi connectivity index (χ1) is 8.59. The van der Waals surface area contributed by atoms with E-state index in [-0.39, 0.29) is 6.54 Å². The molecule has 2 rings (SSSR count). The SMILES string of the molecule is CN(C)c1nccnc1N1CCOC(C(=O)O)C1. The van der Waals surface area contributed by atoms with E-state index >= 15 is 0 Å². The van der Waals surface area contributed by atoms with E-state index in [0.29, 0.717) is 19.0 Å². The van der Waals surface area contributed by atoms with Crippen molar-refractivity contribution in [3.05, 3.63) is 12.4 Å².